The first kappa shape index (κ1) is 25.5. The molecular weight excluding hydrogens is 475 g/mol. The largest absolute Gasteiger partial charge is 0.475 e. The Morgan fingerprint density at radius 2 is 1.89 bits per heavy atom. The zero-order chi connectivity index (χ0) is 25.7. The number of aliphatic hydroxyl groups excluding tert-OH is 1. The zero-order valence-electron chi connectivity index (χ0n) is 19.8. The van der Waals surface area contributed by atoms with E-state index >= 15 is 0 Å². The summed E-state index contributed by atoms with van der Waals surface area (Å²) in [4.78, 5) is 23.0. The lowest BCUT2D eigenvalue weighted by molar-refractivity contribution is -0.138. The highest BCUT2D eigenvalue weighted by molar-refractivity contribution is 6.03. The molecule has 0 saturated carbocycles. The minimum Gasteiger partial charge on any atom is -0.475 e. The quantitative estimate of drug-likeness (QED) is 0.437. The van der Waals surface area contributed by atoms with Crippen LogP contribution in [-0.4, -0.2) is 47.4 Å². The molecule has 0 unspecified atom stereocenters. The fourth-order valence-electron chi connectivity index (χ4n) is 4.30. The smallest absolute Gasteiger partial charge is 0.416 e. The SMILES string of the molecule is CC1CCN(c2nccc(C(F)(F)F)c2CNC(=O)Nc2cccc3c(OCCO)nccc23)CC1. The predicted molar refractivity (Wildman–Crippen MR) is 130 cm³/mol. The van der Waals surface area contributed by atoms with Crippen LogP contribution in [0.5, 0.6) is 5.88 Å². The van der Waals surface area contributed by atoms with Crippen LogP contribution in [0.3, 0.4) is 0 Å². The van der Waals surface area contributed by atoms with E-state index in [-0.39, 0.29) is 31.1 Å². The summed E-state index contributed by atoms with van der Waals surface area (Å²) in [5, 5.41) is 15.5. The van der Waals surface area contributed by atoms with Gasteiger partial charge >= 0.3 is 12.2 Å². The molecule has 1 aliphatic rings. The van der Waals surface area contributed by atoms with E-state index in [1.165, 1.54) is 12.4 Å². The Kier molecular flexibility index (Phi) is 7.78. The van der Waals surface area contributed by atoms with Gasteiger partial charge in [-0.2, -0.15) is 13.2 Å². The molecule has 0 atom stereocenters. The second kappa shape index (κ2) is 11.0. The topological polar surface area (TPSA) is 99.6 Å². The fraction of sp³-hybridized carbons (Fsp3) is 0.400. The van der Waals surface area contributed by atoms with Gasteiger partial charge in [0.25, 0.3) is 0 Å². The number of urea groups is 1. The summed E-state index contributed by atoms with van der Waals surface area (Å²) in [6, 6.07) is 7.10. The maximum Gasteiger partial charge on any atom is 0.416 e. The lowest BCUT2D eigenvalue weighted by Crippen LogP contribution is -2.36. The lowest BCUT2D eigenvalue weighted by Gasteiger charge is -2.33. The molecular formula is C25H28F3N5O3. The monoisotopic (exact) mass is 503 g/mol. The number of ether oxygens (including phenoxy) is 1. The number of nitrogens with zero attached hydrogens (tertiary/aromatic N) is 3. The third kappa shape index (κ3) is 5.78. The Morgan fingerprint density at radius 1 is 1.14 bits per heavy atom. The second-order valence-corrected chi connectivity index (χ2v) is 8.72. The third-order valence-corrected chi connectivity index (χ3v) is 6.20. The molecule has 1 aliphatic heterocycles. The minimum atomic E-state index is -4.58. The van der Waals surface area contributed by atoms with Gasteiger partial charge in [0.05, 0.1) is 17.9 Å². The number of aliphatic hydroxyl groups is 1. The summed E-state index contributed by atoms with van der Waals surface area (Å²) in [5.74, 6) is 1.06. The van der Waals surface area contributed by atoms with Crippen LogP contribution < -0.4 is 20.3 Å². The molecule has 2 amide bonds. The molecule has 0 bridgehead atoms. The van der Waals surface area contributed by atoms with Crippen LogP contribution in [0, 0.1) is 5.92 Å². The summed E-state index contributed by atoms with van der Waals surface area (Å²) >= 11 is 0. The zero-order valence-corrected chi connectivity index (χ0v) is 19.8. The number of benzene rings is 1. The third-order valence-electron chi connectivity index (χ3n) is 6.20. The van der Waals surface area contributed by atoms with Crippen molar-refractivity contribution in [2.45, 2.75) is 32.5 Å². The molecule has 3 N–H and O–H groups in total. The standard InChI is InChI=1S/C25H28F3N5O3/c1-16-7-11-33(12-8-16)22-19(20(6-10-29-22)25(26,27)28)15-31-24(35)32-21-4-2-3-18-17(21)5-9-30-23(18)36-14-13-34/h2-6,9-10,16,34H,7-8,11-15H2,1H3,(H2,31,32,35). The Labute approximate surface area is 206 Å². The van der Waals surface area contributed by atoms with Gasteiger partial charge in [0.1, 0.15) is 12.4 Å². The molecule has 0 radical (unpaired) electrons. The highest BCUT2D eigenvalue weighted by Crippen LogP contribution is 2.36. The number of hydrogen-bond donors (Lipinski definition) is 3. The molecule has 0 aliphatic carbocycles. The molecule has 3 aromatic rings. The Hall–Kier alpha value is -3.60. The van der Waals surface area contributed by atoms with Crippen LogP contribution in [0.15, 0.2) is 42.7 Å². The van der Waals surface area contributed by atoms with Gasteiger partial charge in [-0.25, -0.2) is 14.8 Å². The number of piperidine rings is 1. The van der Waals surface area contributed by atoms with Crippen molar-refractivity contribution in [3.63, 3.8) is 0 Å². The van der Waals surface area contributed by atoms with E-state index in [0.29, 0.717) is 41.3 Å². The van der Waals surface area contributed by atoms with Gasteiger partial charge in [-0.15, -0.1) is 0 Å². The van der Waals surface area contributed by atoms with Crippen molar-refractivity contribution in [1.29, 1.82) is 0 Å². The Morgan fingerprint density at radius 3 is 2.61 bits per heavy atom. The van der Waals surface area contributed by atoms with E-state index in [1.807, 2.05) is 4.90 Å². The van der Waals surface area contributed by atoms with Crippen LogP contribution in [0.4, 0.5) is 29.5 Å². The van der Waals surface area contributed by atoms with E-state index in [4.69, 9.17) is 9.84 Å². The number of rotatable bonds is 7. The number of nitrogens with one attached hydrogen (secondary N) is 2. The fourth-order valence-corrected chi connectivity index (χ4v) is 4.30. The molecule has 4 rings (SSSR count). The van der Waals surface area contributed by atoms with Gasteiger partial charge in [0.15, 0.2) is 0 Å². The van der Waals surface area contributed by atoms with Gasteiger partial charge in [0.2, 0.25) is 5.88 Å². The number of carbonyl (C=O) groups excluding carboxylic acids is 1. The molecule has 2 aromatic heterocycles. The van der Waals surface area contributed by atoms with Crippen LogP contribution in [0.1, 0.15) is 30.9 Å². The van der Waals surface area contributed by atoms with E-state index in [0.717, 1.165) is 18.9 Å². The van der Waals surface area contributed by atoms with E-state index in [9.17, 15) is 18.0 Å². The number of anilines is 2. The van der Waals surface area contributed by atoms with Crippen molar-refractivity contribution in [3.05, 3.63) is 53.9 Å². The molecule has 11 heteroatoms. The van der Waals surface area contributed by atoms with Crippen molar-refractivity contribution in [2.24, 2.45) is 5.92 Å². The van der Waals surface area contributed by atoms with Gasteiger partial charge in [0, 0.05) is 48.4 Å². The normalized spacial score (nSPS) is 14.6. The molecule has 36 heavy (non-hydrogen) atoms. The summed E-state index contributed by atoms with van der Waals surface area (Å²) < 4.78 is 46.9. The molecule has 1 fully saturated rings. The molecule has 1 aromatic carbocycles. The van der Waals surface area contributed by atoms with Crippen molar-refractivity contribution < 1.29 is 27.8 Å². The Bertz CT molecular complexity index is 1210. The van der Waals surface area contributed by atoms with Crippen molar-refractivity contribution in [2.75, 3.05) is 36.5 Å². The first-order valence-electron chi connectivity index (χ1n) is 11.7. The molecule has 1 saturated heterocycles. The average molecular weight is 504 g/mol. The molecule has 8 nitrogen and oxygen atoms in total. The molecule has 192 valence electrons. The van der Waals surface area contributed by atoms with Crippen LogP contribution in [-0.2, 0) is 12.7 Å². The van der Waals surface area contributed by atoms with Crippen LogP contribution in [0.2, 0.25) is 0 Å². The number of fused-ring (bicyclic) bond motifs is 1. The second-order valence-electron chi connectivity index (χ2n) is 8.72. The number of pyridine rings is 2. The summed E-state index contributed by atoms with van der Waals surface area (Å²) in [6.45, 7) is 2.89. The van der Waals surface area contributed by atoms with E-state index < -0.39 is 17.8 Å². The van der Waals surface area contributed by atoms with E-state index in [2.05, 4.69) is 27.5 Å². The van der Waals surface area contributed by atoms with Gasteiger partial charge in [-0.1, -0.05) is 13.0 Å². The number of alkyl halides is 3. The first-order chi connectivity index (χ1) is 17.3. The highest BCUT2D eigenvalue weighted by Gasteiger charge is 2.36. The summed E-state index contributed by atoms with van der Waals surface area (Å²) in [5.41, 5.74) is -0.432. The number of aromatic nitrogens is 2. The van der Waals surface area contributed by atoms with Crippen molar-refractivity contribution in [3.8, 4) is 5.88 Å². The Balaban J connectivity index is 1.54. The molecule has 3 heterocycles. The highest BCUT2D eigenvalue weighted by atomic mass is 19.4. The minimum absolute atomic E-state index is 0.0588. The number of carbonyl (C=O) groups is 1. The lowest BCUT2D eigenvalue weighted by atomic mass is 9.98. The van der Waals surface area contributed by atoms with Gasteiger partial charge in [-0.3, -0.25) is 0 Å². The van der Waals surface area contributed by atoms with Crippen LogP contribution in [0.25, 0.3) is 10.8 Å². The average Bonchev–Trinajstić information content (AvgIpc) is 2.86. The number of hydrogen-bond acceptors (Lipinski definition) is 6. The summed E-state index contributed by atoms with van der Waals surface area (Å²) in [7, 11) is 0. The van der Waals surface area contributed by atoms with Crippen LogP contribution >= 0.6 is 0 Å². The maximum atomic E-state index is 13.8. The first-order valence-corrected chi connectivity index (χ1v) is 11.7. The summed E-state index contributed by atoms with van der Waals surface area (Å²) in [6.07, 6.45) is -0.173. The number of amides is 2. The van der Waals surface area contributed by atoms with Gasteiger partial charge < -0.3 is 25.4 Å². The van der Waals surface area contributed by atoms with Crippen molar-refractivity contribution in [1.82, 2.24) is 15.3 Å². The molecule has 0 spiro atoms. The van der Waals surface area contributed by atoms with E-state index in [1.54, 1.807) is 24.3 Å². The van der Waals surface area contributed by atoms with Gasteiger partial charge in [-0.05, 0) is 43.0 Å². The number of halogens is 3. The maximum absolute atomic E-state index is 13.8. The predicted octanol–water partition coefficient (Wildman–Crippen LogP) is 4.58. The van der Waals surface area contributed by atoms with Crippen molar-refractivity contribution >= 4 is 28.3 Å².